The van der Waals surface area contributed by atoms with E-state index < -0.39 is 0 Å². The Kier molecular flexibility index (Phi) is 7.40. The molecule has 0 aliphatic rings. The second-order valence-corrected chi connectivity index (χ2v) is 5.24. The Morgan fingerprint density at radius 3 is 2.65 bits per heavy atom. The van der Waals surface area contributed by atoms with E-state index in [-0.39, 0.29) is 6.04 Å². The number of pyridine rings is 1. The molecule has 0 fully saturated rings. The quantitative estimate of drug-likeness (QED) is 0.437. The van der Waals surface area contributed by atoms with Crippen LogP contribution in [0.1, 0.15) is 57.2 Å². The van der Waals surface area contributed by atoms with Crippen LogP contribution in [-0.2, 0) is 0 Å². The smallest absolute Gasteiger partial charge is 0.0632 e. The third kappa shape index (κ3) is 5.61. The molecular formula is C13H22BrN3. The summed E-state index contributed by atoms with van der Waals surface area (Å²) in [5.41, 5.74) is 3.87. The van der Waals surface area contributed by atoms with Crippen LogP contribution >= 0.6 is 15.9 Å². The van der Waals surface area contributed by atoms with Gasteiger partial charge in [0.1, 0.15) is 0 Å². The molecule has 3 N–H and O–H groups in total. The molecule has 0 saturated heterocycles. The standard InChI is InChI=1S/C13H22BrN3/c1-2-3-4-5-6-7-13(17-15)12-9-8-11(14)10-16-12/h8-10,13,17H,2-7,15H2,1H3. The Labute approximate surface area is 112 Å². The fourth-order valence-electron chi connectivity index (χ4n) is 1.86. The molecule has 0 radical (unpaired) electrons. The second kappa shape index (κ2) is 8.61. The molecule has 96 valence electrons. The minimum absolute atomic E-state index is 0.171. The van der Waals surface area contributed by atoms with Gasteiger partial charge in [0, 0.05) is 10.7 Å². The number of aromatic nitrogens is 1. The maximum absolute atomic E-state index is 5.58. The zero-order chi connectivity index (χ0) is 12.5. The summed E-state index contributed by atoms with van der Waals surface area (Å²) in [5.74, 6) is 5.58. The number of nitrogens with zero attached hydrogens (tertiary/aromatic N) is 1. The maximum Gasteiger partial charge on any atom is 0.0632 e. The number of unbranched alkanes of at least 4 members (excludes halogenated alkanes) is 4. The van der Waals surface area contributed by atoms with Gasteiger partial charge in [0.15, 0.2) is 0 Å². The Balaban J connectivity index is 2.35. The van der Waals surface area contributed by atoms with Crippen LogP contribution in [0.15, 0.2) is 22.8 Å². The molecule has 3 nitrogen and oxygen atoms in total. The third-order valence-corrected chi connectivity index (χ3v) is 3.37. The van der Waals surface area contributed by atoms with Crippen molar-refractivity contribution in [2.75, 3.05) is 0 Å². The lowest BCUT2D eigenvalue weighted by Gasteiger charge is -2.15. The minimum atomic E-state index is 0.171. The fourth-order valence-corrected chi connectivity index (χ4v) is 2.10. The number of hydrazine groups is 1. The van der Waals surface area contributed by atoms with Gasteiger partial charge in [0.05, 0.1) is 11.7 Å². The lowest BCUT2D eigenvalue weighted by molar-refractivity contribution is 0.470. The van der Waals surface area contributed by atoms with Crippen molar-refractivity contribution in [3.8, 4) is 0 Å². The topological polar surface area (TPSA) is 50.9 Å². The van der Waals surface area contributed by atoms with Gasteiger partial charge in [-0.05, 0) is 34.5 Å². The molecule has 1 aromatic heterocycles. The summed E-state index contributed by atoms with van der Waals surface area (Å²) in [6.07, 6.45) is 9.28. The van der Waals surface area contributed by atoms with Crippen LogP contribution in [0.25, 0.3) is 0 Å². The van der Waals surface area contributed by atoms with Crippen molar-refractivity contribution in [3.63, 3.8) is 0 Å². The number of nitrogens with two attached hydrogens (primary N) is 1. The van der Waals surface area contributed by atoms with E-state index in [4.69, 9.17) is 5.84 Å². The van der Waals surface area contributed by atoms with E-state index in [1.54, 1.807) is 0 Å². The molecule has 0 aromatic carbocycles. The first-order valence-electron chi connectivity index (χ1n) is 6.35. The molecule has 0 amide bonds. The first-order valence-corrected chi connectivity index (χ1v) is 7.14. The third-order valence-electron chi connectivity index (χ3n) is 2.90. The molecule has 0 aliphatic carbocycles. The lowest BCUT2D eigenvalue weighted by atomic mass is 10.0. The van der Waals surface area contributed by atoms with E-state index in [0.29, 0.717) is 0 Å². The van der Waals surface area contributed by atoms with E-state index in [1.165, 1.54) is 32.1 Å². The molecule has 1 rings (SSSR count). The van der Waals surface area contributed by atoms with Gasteiger partial charge in [-0.25, -0.2) is 0 Å². The average molecular weight is 300 g/mol. The van der Waals surface area contributed by atoms with Gasteiger partial charge in [-0.3, -0.25) is 16.3 Å². The number of nitrogens with one attached hydrogen (secondary N) is 1. The Bertz CT molecular complexity index is 300. The summed E-state index contributed by atoms with van der Waals surface area (Å²) in [5, 5.41) is 0. The van der Waals surface area contributed by atoms with Crippen LogP contribution in [0.2, 0.25) is 0 Å². The van der Waals surface area contributed by atoms with E-state index in [0.717, 1.165) is 16.6 Å². The fraction of sp³-hybridized carbons (Fsp3) is 0.615. The van der Waals surface area contributed by atoms with Crippen molar-refractivity contribution in [2.45, 2.75) is 51.5 Å². The minimum Gasteiger partial charge on any atom is -0.271 e. The van der Waals surface area contributed by atoms with Gasteiger partial charge < -0.3 is 0 Å². The Hall–Kier alpha value is -0.450. The van der Waals surface area contributed by atoms with Crippen LogP contribution in [0.3, 0.4) is 0 Å². The highest BCUT2D eigenvalue weighted by Crippen LogP contribution is 2.19. The monoisotopic (exact) mass is 299 g/mol. The molecule has 0 spiro atoms. The molecule has 1 heterocycles. The van der Waals surface area contributed by atoms with Crippen molar-refractivity contribution in [1.82, 2.24) is 10.4 Å². The molecule has 0 saturated carbocycles. The zero-order valence-corrected chi connectivity index (χ0v) is 12.0. The molecule has 1 aromatic rings. The van der Waals surface area contributed by atoms with Gasteiger partial charge in [-0.15, -0.1) is 0 Å². The Morgan fingerprint density at radius 2 is 2.06 bits per heavy atom. The second-order valence-electron chi connectivity index (χ2n) is 4.32. The highest BCUT2D eigenvalue weighted by Gasteiger charge is 2.10. The van der Waals surface area contributed by atoms with Crippen molar-refractivity contribution >= 4 is 15.9 Å². The molecule has 1 unspecified atom stereocenters. The SMILES string of the molecule is CCCCCCCC(NN)c1ccc(Br)cn1. The number of rotatable bonds is 8. The largest absolute Gasteiger partial charge is 0.271 e. The van der Waals surface area contributed by atoms with Crippen LogP contribution in [-0.4, -0.2) is 4.98 Å². The van der Waals surface area contributed by atoms with E-state index in [1.807, 2.05) is 18.3 Å². The van der Waals surface area contributed by atoms with Crippen molar-refractivity contribution in [2.24, 2.45) is 5.84 Å². The summed E-state index contributed by atoms with van der Waals surface area (Å²) >= 11 is 3.38. The molecular weight excluding hydrogens is 278 g/mol. The van der Waals surface area contributed by atoms with Gasteiger partial charge in [0.25, 0.3) is 0 Å². The summed E-state index contributed by atoms with van der Waals surface area (Å²) in [6.45, 7) is 2.23. The average Bonchev–Trinajstić information content (AvgIpc) is 2.35. The highest BCUT2D eigenvalue weighted by atomic mass is 79.9. The summed E-state index contributed by atoms with van der Waals surface area (Å²) < 4.78 is 1.000. The predicted octanol–water partition coefficient (Wildman–Crippen LogP) is 3.71. The predicted molar refractivity (Wildman–Crippen MR) is 75.4 cm³/mol. The normalized spacial score (nSPS) is 12.6. The van der Waals surface area contributed by atoms with Gasteiger partial charge in [0.2, 0.25) is 0 Å². The number of halogens is 1. The molecule has 1 atom stereocenters. The zero-order valence-electron chi connectivity index (χ0n) is 10.5. The summed E-state index contributed by atoms with van der Waals surface area (Å²) in [7, 11) is 0. The van der Waals surface area contributed by atoms with Gasteiger partial charge in [-0.2, -0.15) is 0 Å². The lowest BCUT2D eigenvalue weighted by Crippen LogP contribution is -2.28. The maximum atomic E-state index is 5.58. The molecule has 17 heavy (non-hydrogen) atoms. The van der Waals surface area contributed by atoms with Crippen molar-refractivity contribution in [3.05, 3.63) is 28.5 Å². The van der Waals surface area contributed by atoms with Crippen LogP contribution in [0, 0.1) is 0 Å². The van der Waals surface area contributed by atoms with Crippen molar-refractivity contribution in [1.29, 1.82) is 0 Å². The first-order chi connectivity index (χ1) is 8.27. The molecule has 0 aliphatic heterocycles. The van der Waals surface area contributed by atoms with E-state index in [2.05, 4.69) is 33.3 Å². The van der Waals surface area contributed by atoms with E-state index in [9.17, 15) is 0 Å². The highest BCUT2D eigenvalue weighted by molar-refractivity contribution is 9.10. The molecule has 4 heteroatoms. The van der Waals surface area contributed by atoms with Gasteiger partial charge in [-0.1, -0.05) is 39.0 Å². The Morgan fingerprint density at radius 1 is 1.29 bits per heavy atom. The molecule has 0 bridgehead atoms. The summed E-state index contributed by atoms with van der Waals surface area (Å²) in [4.78, 5) is 4.38. The number of hydrogen-bond donors (Lipinski definition) is 2. The summed E-state index contributed by atoms with van der Waals surface area (Å²) in [6, 6.07) is 4.19. The van der Waals surface area contributed by atoms with Crippen molar-refractivity contribution < 1.29 is 0 Å². The van der Waals surface area contributed by atoms with Gasteiger partial charge >= 0.3 is 0 Å². The van der Waals surface area contributed by atoms with Crippen LogP contribution in [0.5, 0.6) is 0 Å². The van der Waals surface area contributed by atoms with E-state index >= 15 is 0 Å². The number of hydrogen-bond acceptors (Lipinski definition) is 3. The first kappa shape index (κ1) is 14.6. The van der Waals surface area contributed by atoms with Crippen LogP contribution < -0.4 is 11.3 Å². The van der Waals surface area contributed by atoms with Crippen LogP contribution in [0.4, 0.5) is 0 Å².